The lowest BCUT2D eigenvalue weighted by molar-refractivity contribution is 0.308. The summed E-state index contributed by atoms with van der Waals surface area (Å²) in [7, 11) is 1.82. The number of nitrogens with one attached hydrogen (secondary N) is 2. The molecule has 0 radical (unpaired) electrons. The topological polar surface area (TPSA) is 39.7 Å². The first kappa shape index (κ1) is 19.7. The third kappa shape index (κ3) is 8.06. The molecule has 0 saturated heterocycles. The predicted octanol–water partition coefficient (Wildman–Crippen LogP) is 2.42. The zero-order valence-electron chi connectivity index (χ0n) is 12.7. The van der Waals surface area contributed by atoms with Gasteiger partial charge in [0.15, 0.2) is 5.96 Å². The maximum Gasteiger partial charge on any atom is 0.191 e. The molecule has 1 aromatic rings. The Morgan fingerprint density at radius 2 is 1.95 bits per heavy atom. The van der Waals surface area contributed by atoms with E-state index in [0.717, 1.165) is 45.1 Å². The molecule has 0 atom stereocenters. The lowest BCUT2D eigenvalue weighted by Gasteiger charge is -2.19. The molecule has 0 aliphatic rings. The third-order valence-electron chi connectivity index (χ3n) is 3.08. The summed E-state index contributed by atoms with van der Waals surface area (Å²) in [4.78, 5) is 8.04. The highest BCUT2D eigenvalue weighted by Crippen LogP contribution is 2.07. The van der Waals surface area contributed by atoms with E-state index >= 15 is 0 Å². The van der Waals surface area contributed by atoms with Crippen molar-refractivity contribution in [2.24, 2.45) is 4.99 Å². The van der Waals surface area contributed by atoms with Gasteiger partial charge in [-0.1, -0.05) is 19.9 Å². The molecule has 4 nitrogen and oxygen atoms in total. The van der Waals surface area contributed by atoms with Crippen LogP contribution in [0.4, 0.5) is 0 Å². The van der Waals surface area contributed by atoms with Crippen LogP contribution >= 0.6 is 35.3 Å². The smallest absolute Gasteiger partial charge is 0.191 e. The van der Waals surface area contributed by atoms with Gasteiger partial charge in [-0.3, -0.25) is 4.99 Å². The highest BCUT2D eigenvalue weighted by molar-refractivity contribution is 14.0. The fourth-order valence-corrected chi connectivity index (χ4v) is 2.56. The minimum absolute atomic E-state index is 0. The van der Waals surface area contributed by atoms with Crippen molar-refractivity contribution in [3.8, 4) is 0 Å². The van der Waals surface area contributed by atoms with Crippen molar-refractivity contribution < 1.29 is 0 Å². The molecule has 0 fully saturated rings. The van der Waals surface area contributed by atoms with E-state index in [-0.39, 0.29) is 24.0 Å². The van der Waals surface area contributed by atoms with E-state index in [1.807, 2.05) is 7.05 Å². The van der Waals surface area contributed by atoms with Crippen LogP contribution in [-0.4, -0.2) is 50.6 Å². The van der Waals surface area contributed by atoms with Gasteiger partial charge in [-0.25, -0.2) is 0 Å². The van der Waals surface area contributed by atoms with Crippen LogP contribution in [0.15, 0.2) is 22.5 Å². The van der Waals surface area contributed by atoms with Crippen LogP contribution in [-0.2, 0) is 6.42 Å². The molecule has 116 valence electrons. The number of rotatable bonds is 8. The highest BCUT2D eigenvalue weighted by Gasteiger charge is 2.01. The SMILES string of the molecule is CCN(CC)CCNC(=NC)NCCc1cccs1.I. The Hall–Kier alpha value is -0.340. The molecule has 0 aliphatic heterocycles. The van der Waals surface area contributed by atoms with E-state index in [2.05, 4.69) is 51.9 Å². The van der Waals surface area contributed by atoms with Crippen molar-refractivity contribution in [2.75, 3.05) is 39.8 Å². The molecule has 0 saturated carbocycles. The van der Waals surface area contributed by atoms with E-state index in [1.165, 1.54) is 4.88 Å². The van der Waals surface area contributed by atoms with Crippen LogP contribution < -0.4 is 10.6 Å². The largest absolute Gasteiger partial charge is 0.356 e. The monoisotopic (exact) mass is 410 g/mol. The van der Waals surface area contributed by atoms with Crippen LogP contribution in [0.3, 0.4) is 0 Å². The van der Waals surface area contributed by atoms with Gasteiger partial charge >= 0.3 is 0 Å². The van der Waals surface area contributed by atoms with Crippen molar-refractivity contribution in [1.82, 2.24) is 15.5 Å². The third-order valence-corrected chi connectivity index (χ3v) is 4.02. The average molecular weight is 410 g/mol. The highest BCUT2D eigenvalue weighted by atomic mass is 127. The first-order valence-corrected chi connectivity index (χ1v) is 7.87. The van der Waals surface area contributed by atoms with Crippen molar-refractivity contribution in [1.29, 1.82) is 0 Å². The number of halogens is 1. The summed E-state index contributed by atoms with van der Waals surface area (Å²) >= 11 is 1.80. The van der Waals surface area contributed by atoms with Gasteiger partial charge in [0.25, 0.3) is 0 Å². The second kappa shape index (κ2) is 12.4. The normalized spacial score (nSPS) is 11.3. The Balaban J connectivity index is 0.00000361. The standard InChI is InChI=1S/C14H26N4S.HI/c1-4-18(5-2)11-10-17-14(15-3)16-9-8-13-7-6-12-19-13;/h6-7,12H,4-5,8-11H2,1-3H3,(H2,15,16,17);1H. The van der Waals surface area contributed by atoms with Gasteiger partial charge in [0.05, 0.1) is 0 Å². The lowest BCUT2D eigenvalue weighted by atomic mass is 10.3. The van der Waals surface area contributed by atoms with Crippen molar-refractivity contribution >= 4 is 41.3 Å². The van der Waals surface area contributed by atoms with E-state index < -0.39 is 0 Å². The van der Waals surface area contributed by atoms with Crippen LogP contribution in [0, 0.1) is 0 Å². The molecule has 0 bridgehead atoms. The van der Waals surface area contributed by atoms with Crippen molar-refractivity contribution in [3.63, 3.8) is 0 Å². The van der Waals surface area contributed by atoms with Gasteiger partial charge in [-0.05, 0) is 31.0 Å². The maximum atomic E-state index is 4.23. The molecule has 1 heterocycles. The molecule has 6 heteroatoms. The molecule has 0 unspecified atom stereocenters. The number of nitrogens with zero attached hydrogens (tertiary/aromatic N) is 2. The summed E-state index contributed by atoms with van der Waals surface area (Å²) in [6.07, 6.45) is 1.05. The van der Waals surface area contributed by atoms with Crippen LogP contribution in [0.25, 0.3) is 0 Å². The van der Waals surface area contributed by atoms with E-state index in [1.54, 1.807) is 11.3 Å². The zero-order chi connectivity index (χ0) is 13.9. The minimum atomic E-state index is 0. The Kier molecular flexibility index (Phi) is 12.2. The predicted molar refractivity (Wildman–Crippen MR) is 101 cm³/mol. The fourth-order valence-electron chi connectivity index (χ4n) is 1.85. The van der Waals surface area contributed by atoms with Gasteiger partial charge in [-0.15, -0.1) is 35.3 Å². The summed E-state index contributed by atoms with van der Waals surface area (Å²) in [5, 5.41) is 8.81. The fraction of sp³-hybridized carbons (Fsp3) is 0.643. The number of thiophene rings is 1. The van der Waals surface area contributed by atoms with Crippen LogP contribution in [0.2, 0.25) is 0 Å². The molecule has 0 amide bonds. The van der Waals surface area contributed by atoms with Gasteiger partial charge in [0, 0.05) is 31.6 Å². The van der Waals surface area contributed by atoms with E-state index in [4.69, 9.17) is 0 Å². The van der Waals surface area contributed by atoms with Gasteiger partial charge in [0.2, 0.25) is 0 Å². The molecular formula is C14H27IN4S. The Bertz CT molecular complexity index is 350. The van der Waals surface area contributed by atoms with Crippen LogP contribution in [0.1, 0.15) is 18.7 Å². The molecule has 1 aromatic heterocycles. The van der Waals surface area contributed by atoms with Gasteiger partial charge < -0.3 is 15.5 Å². The molecule has 2 N–H and O–H groups in total. The second-order valence-corrected chi connectivity index (χ2v) is 5.31. The minimum Gasteiger partial charge on any atom is -0.356 e. The Morgan fingerprint density at radius 3 is 2.50 bits per heavy atom. The van der Waals surface area contributed by atoms with Gasteiger partial charge in [-0.2, -0.15) is 0 Å². The first-order valence-electron chi connectivity index (χ1n) is 6.99. The summed E-state index contributed by atoms with van der Waals surface area (Å²) in [6, 6.07) is 4.26. The zero-order valence-corrected chi connectivity index (χ0v) is 15.8. The summed E-state index contributed by atoms with van der Waals surface area (Å²) in [5.74, 6) is 0.892. The molecular weight excluding hydrogens is 383 g/mol. The summed E-state index contributed by atoms with van der Waals surface area (Å²) < 4.78 is 0. The van der Waals surface area contributed by atoms with Crippen LogP contribution in [0.5, 0.6) is 0 Å². The summed E-state index contributed by atoms with van der Waals surface area (Å²) in [6.45, 7) is 9.49. The number of hydrogen-bond acceptors (Lipinski definition) is 3. The second-order valence-electron chi connectivity index (χ2n) is 4.28. The first-order chi connectivity index (χ1) is 9.30. The quantitative estimate of drug-likeness (QED) is 0.393. The maximum absolute atomic E-state index is 4.23. The number of likely N-dealkylation sites (N-methyl/N-ethyl adjacent to an activating group) is 1. The molecule has 1 rings (SSSR count). The van der Waals surface area contributed by atoms with E-state index in [9.17, 15) is 0 Å². The average Bonchev–Trinajstić information content (AvgIpc) is 2.95. The molecule has 0 aromatic carbocycles. The Morgan fingerprint density at radius 1 is 1.25 bits per heavy atom. The van der Waals surface area contributed by atoms with Gasteiger partial charge in [0.1, 0.15) is 0 Å². The number of hydrogen-bond donors (Lipinski definition) is 2. The number of aliphatic imine (C=N–C) groups is 1. The Labute approximate surface area is 144 Å². The summed E-state index contributed by atoms with van der Waals surface area (Å²) in [5.41, 5.74) is 0. The molecule has 0 spiro atoms. The molecule has 20 heavy (non-hydrogen) atoms. The molecule has 0 aliphatic carbocycles. The lowest BCUT2D eigenvalue weighted by Crippen LogP contribution is -2.42. The number of guanidine groups is 1. The van der Waals surface area contributed by atoms with Crippen molar-refractivity contribution in [3.05, 3.63) is 22.4 Å². The van der Waals surface area contributed by atoms with Crippen molar-refractivity contribution in [2.45, 2.75) is 20.3 Å². The van der Waals surface area contributed by atoms with E-state index in [0.29, 0.717) is 0 Å².